The smallest absolute Gasteiger partial charge is 0.410 e. The minimum Gasteiger partial charge on any atom is -0.504 e. The summed E-state index contributed by atoms with van der Waals surface area (Å²) in [5, 5.41) is 0. The Hall–Kier alpha value is -1.19. The summed E-state index contributed by atoms with van der Waals surface area (Å²) < 4.78 is 10.4. The van der Waals surface area contributed by atoms with Crippen LogP contribution in [0.3, 0.4) is 0 Å². The number of methoxy groups -OCH3 is 1. The highest BCUT2D eigenvalue weighted by molar-refractivity contribution is 5.68. The molecule has 98 valence electrons. The van der Waals surface area contributed by atoms with Crippen LogP contribution in [0.2, 0.25) is 0 Å². The van der Waals surface area contributed by atoms with Crippen LogP contribution in [0.1, 0.15) is 40.5 Å². The zero-order chi connectivity index (χ0) is 13.1. The summed E-state index contributed by atoms with van der Waals surface area (Å²) in [6.07, 6.45) is 3.27. The van der Waals surface area contributed by atoms with E-state index < -0.39 is 5.60 Å². The maximum Gasteiger partial charge on any atom is 0.410 e. The topological polar surface area (TPSA) is 38.8 Å². The summed E-state index contributed by atoms with van der Waals surface area (Å²) in [5.74, 6) is 0. The fourth-order valence-corrected chi connectivity index (χ4v) is 1.94. The summed E-state index contributed by atoms with van der Waals surface area (Å²) in [4.78, 5) is 13.7. The first kappa shape index (κ1) is 13.9. The third-order valence-electron chi connectivity index (χ3n) is 2.68. The number of piperidine rings is 1. The van der Waals surface area contributed by atoms with Gasteiger partial charge in [0.2, 0.25) is 0 Å². The molecule has 1 fully saturated rings. The molecule has 0 N–H and O–H groups in total. The standard InChI is InChI=1S/C13H23NO3/c1-10-8-11(9-16-5)6-7-14(10)12(15)17-13(2,3)4/h9-10H,6-8H2,1-5H3/b11-9-. The van der Waals surface area contributed by atoms with Crippen LogP contribution in [-0.4, -0.2) is 36.3 Å². The van der Waals surface area contributed by atoms with Gasteiger partial charge in [-0.3, -0.25) is 0 Å². The van der Waals surface area contributed by atoms with Crippen LogP contribution in [0, 0.1) is 0 Å². The van der Waals surface area contributed by atoms with Gasteiger partial charge in [0, 0.05) is 12.6 Å². The van der Waals surface area contributed by atoms with Gasteiger partial charge in [0.15, 0.2) is 0 Å². The fraction of sp³-hybridized carbons (Fsp3) is 0.769. The second-order valence-electron chi connectivity index (χ2n) is 5.49. The number of carbonyl (C=O) groups is 1. The Morgan fingerprint density at radius 3 is 2.59 bits per heavy atom. The van der Waals surface area contributed by atoms with Crippen molar-refractivity contribution in [2.75, 3.05) is 13.7 Å². The van der Waals surface area contributed by atoms with E-state index in [1.807, 2.05) is 27.7 Å². The molecule has 0 aromatic carbocycles. The SMILES string of the molecule is CO/C=C1/CCN(C(=O)OC(C)(C)C)C(C)C1. The number of likely N-dealkylation sites (tertiary alicyclic amines) is 1. The van der Waals surface area contributed by atoms with Gasteiger partial charge in [-0.2, -0.15) is 0 Å². The van der Waals surface area contributed by atoms with Crippen LogP contribution in [0.25, 0.3) is 0 Å². The van der Waals surface area contributed by atoms with Crippen molar-refractivity contribution in [2.45, 2.75) is 52.2 Å². The largest absolute Gasteiger partial charge is 0.504 e. The molecule has 0 bridgehead atoms. The van der Waals surface area contributed by atoms with Gasteiger partial charge < -0.3 is 14.4 Å². The van der Waals surface area contributed by atoms with Gasteiger partial charge in [-0.15, -0.1) is 0 Å². The van der Waals surface area contributed by atoms with Gasteiger partial charge in [0.05, 0.1) is 13.4 Å². The van der Waals surface area contributed by atoms with Gasteiger partial charge in [0.25, 0.3) is 0 Å². The van der Waals surface area contributed by atoms with E-state index in [0.717, 1.165) is 12.8 Å². The van der Waals surface area contributed by atoms with Crippen molar-refractivity contribution in [3.8, 4) is 0 Å². The molecule has 0 aromatic rings. The van der Waals surface area contributed by atoms with E-state index in [2.05, 4.69) is 0 Å². The van der Waals surface area contributed by atoms with Crippen LogP contribution < -0.4 is 0 Å². The number of hydrogen-bond acceptors (Lipinski definition) is 3. The summed E-state index contributed by atoms with van der Waals surface area (Å²) in [6.45, 7) is 8.39. The Labute approximate surface area is 104 Å². The molecule has 0 saturated carbocycles. The van der Waals surface area contributed by atoms with Gasteiger partial charge in [0.1, 0.15) is 5.60 Å². The first-order chi connectivity index (χ1) is 7.83. The highest BCUT2D eigenvalue weighted by Gasteiger charge is 2.29. The number of hydrogen-bond donors (Lipinski definition) is 0. The molecule has 1 aliphatic heterocycles. The second-order valence-corrected chi connectivity index (χ2v) is 5.49. The van der Waals surface area contributed by atoms with E-state index in [-0.39, 0.29) is 12.1 Å². The maximum atomic E-state index is 11.9. The zero-order valence-electron chi connectivity index (χ0n) is 11.4. The summed E-state index contributed by atoms with van der Waals surface area (Å²) in [6, 6.07) is 0.167. The Morgan fingerprint density at radius 2 is 2.12 bits per heavy atom. The van der Waals surface area contributed by atoms with Crippen LogP contribution in [0.4, 0.5) is 4.79 Å². The van der Waals surface area contributed by atoms with Gasteiger partial charge >= 0.3 is 6.09 Å². The predicted octanol–water partition coefficient (Wildman–Crippen LogP) is 2.94. The molecule has 1 unspecified atom stereocenters. The van der Waals surface area contributed by atoms with E-state index in [9.17, 15) is 4.79 Å². The Morgan fingerprint density at radius 1 is 1.47 bits per heavy atom. The molecule has 0 aliphatic carbocycles. The number of rotatable bonds is 1. The average Bonchev–Trinajstić information content (AvgIpc) is 2.15. The molecular weight excluding hydrogens is 218 g/mol. The number of ether oxygens (including phenoxy) is 2. The van der Waals surface area contributed by atoms with Crippen molar-refractivity contribution in [1.29, 1.82) is 0 Å². The lowest BCUT2D eigenvalue weighted by molar-refractivity contribution is 0.0150. The maximum absolute atomic E-state index is 11.9. The monoisotopic (exact) mass is 241 g/mol. The van der Waals surface area contributed by atoms with Crippen molar-refractivity contribution in [1.82, 2.24) is 4.90 Å². The molecule has 0 radical (unpaired) electrons. The predicted molar refractivity (Wildman–Crippen MR) is 66.7 cm³/mol. The lowest BCUT2D eigenvalue weighted by Gasteiger charge is -2.35. The Balaban J connectivity index is 2.58. The number of nitrogens with zero attached hydrogens (tertiary/aromatic N) is 1. The molecule has 1 aliphatic rings. The van der Waals surface area contributed by atoms with Crippen LogP contribution in [0.15, 0.2) is 11.8 Å². The molecule has 1 atom stereocenters. The van der Waals surface area contributed by atoms with Crippen LogP contribution in [-0.2, 0) is 9.47 Å². The highest BCUT2D eigenvalue weighted by Crippen LogP contribution is 2.23. The van der Waals surface area contributed by atoms with Crippen LogP contribution in [0.5, 0.6) is 0 Å². The van der Waals surface area contributed by atoms with Crippen molar-refractivity contribution in [2.24, 2.45) is 0 Å². The van der Waals surface area contributed by atoms with Crippen molar-refractivity contribution in [3.63, 3.8) is 0 Å². The third kappa shape index (κ3) is 4.29. The minimum atomic E-state index is -0.431. The van der Waals surface area contributed by atoms with E-state index in [1.54, 1.807) is 18.3 Å². The molecule has 4 heteroatoms. The second kappa shape index (κ2) is 5.43. The first-order valence-corrected chi connectivity index (χ1v) is 6.04. The lowest BCUT2D eigenvalue weighted by atomic mass is 9.99. The van der Waals surface area contributed by atoms with E-state index in [4.69, 9.17) is 9.47 Å². The minimum absolute atomic E-state index is 0.167. The van der Waals surface area contributed by atoms with Crippen molar-refractivity contribution < 1.29 is 14.3 Å². The van der Waals surface area contributed by atoms with Gasteiger partial charge in [-0.1, -0.05) is 0 Å². The van der Waals surface area contributed by atoms with Crippen LogP contribution >= 0.6 is 0 Å². The molecule has 0 aromatic heterocycles. The molecule has 0 spiro atoms. The van der Waals surface area contributed by atoms with E-state index in [0.29, 0.717) is 6.54 Å². The highest BCUT2D eigenvalue weighted by atomic mass is 16.6. The summed E-state index contributed by atoms with van der Waals surface area (Å²) >= 11 is 0. The number of amides is 1. The fourth-order valence-electron chi connectivity index (χ4n) is 1.94. The molecule has 1 amide bonds. The average molecular weight is 241 g/mol. The normalized spacial score (nSPS) is 23.7. The molecule has 1 heterocycles. The Kier molecular flexibility index (Phi) is 4.43. The van der Waals surface area contributed by atoms with Gasteiger partial charge in [-0.25, -0.2) is 4.79 Å². The van der Waals surface area contributed by atoms with Crippen molar-refractivity contribution in [3.05, 3.63) is 11.8 Å². The molecule has 1 rings (SSSR count). The summed E-state index contributed by atoms with van der Waals surface area (Å²) in [5.41, 5.74) is 0.819. The van der Waals surface area contributed by atoms with E-state index in [1.165, 1.54) is 5.57 Å². The third-order valence-corrected chi connectivity index (χ3v) is 2.68. The lowest BCUT2D eigenvalue weighted by Crippen LogP contribution is -2.45. The van der Waals surface area contributed by atoms with E-state index >= 15 is 0 Å². The molecule has 1 saturated heterocycles. The number of carbonyl (C=O) groups excluding carboxylic acids is 1. The quantitative estimate of drug-likeness (QED) is 0.662. The van der Waals surface area contributed by atoms with Gasteiger partial charge in [-0.05, 0) is 46.1 Å². The molecule has 4 nitrogen and oxygen atoms in total. The molecule has 17 heavy (non-hydrogen) atoms. The Bertz CT molecular complexity index is 304. The zero-order valence-corrected chi connectivity index (χ0v) is 11.4. The summed E-state index contributed by atoms with van der Waals surface area (Å²) in [7, 11) is 1.65. The first-order valence-electron chi connectivity index (χ1n) is 6.04. The van der Waals surface area contributed by atoms with Crippen molar-refractivity contribution >= 4 is 6.09 Å². The molecular formula is C13H23NO3.